The van der Waals surface area contributed by atoms with Gasteiger partial charge in [-0.1, -0.05) is 0 Å². The molecule has 1 aromatic carbocycles. The Labute approximate surface area is 131 Å². The molecular weight excluding hydrogens is 304 g/mol. The van der Waals surface area contributed by atoms with Gasteiger partial charge in [0.05, 0.1) is 26.0 Å². The van der Waals surface area contributed by atoms with Crippen molar-refractivity contribution >= 4 is 11.9 Å². The van der Waals surface area contributed by atoms with E-state index in [0.717, 1.165) is 0 Å². The Bertz CT molecular complexity index is 748. The summed E-state index contributed by atoms with van der Waals surface area (Å²) in [5.74, 6) is -1.94. The van der Waals surface area contributed by atoms with Crippen molar-refractivity contribution in [3.8, 4) is 11.5 Å². The summed E-state index contributed by atoms with van der Waals surface area (Å²) in [5, 5.41) is 9.63. The van der Waals surface area contributed by atoms with Crippen LogP contribution >= 0.6 is 0 Å². The Kier molecular flexibility index (Phi) is 3.69. The van der Waals surface area contributed by atoms with Gasteiger partial charge in [-0.05, 0) is 29.8 Å². The van der Waals surface area contributed by atoms with Gasteiger partial charge in [0.25, 0.3) is 0 Å². The van der Waals surface area contributed by atoms with Gasteiger partial charge in [-0.3, -0.25) is 4.79 Å². The molecule has 1 aromatic heterocycles. The summed E-state index contributed by atoms with van der Waals surface area (Å²) in [6.45, 7) is 0. The number of furan rings is 1. The first kappa shape index (κ1) is 15.0. The van der Waals surface area contributed by atoms with Crippen molar-refractivity contribution in [3.05, 3.63) is 47.4 Å². The number of carboxylic acids is 1. The number of ether oxygens (including phenoxy) is 3. The van der Waals surface area contributed by atoms with E-state index in [-0.39, 0.29) is 11.3 Å². The van der Waals surface area contributed by atoms with Crippen molar-refractivity contribution < 1.29 is 33.3 Å². The normalized spacial score (nSPS) is 19.7. The van der Waals surface area contributed by atoms with E-state index in [9.17, 15) is 14.7 Å². The Morgan fingerprint density at radius 1 is 1.22 bits per heavy atom. The third-order valence-corrected chi connectivity index (χ3v) is 3.74. The molecule has 23 heavy (non-hydrogen) atoms. The van der Waals surface area contributed by atoms with Gasteiger partial charge in [0.1, 0.15) is 11.7 Å². The van der Waals surface area contributed by atoms with Crippen LogP contribution in [0.3, 0.4) is 0 Å². The molecule has 0 saturated heterocycles. The molecule has 0 fully saturated rings. The number of esters is 1. The first-order chi connectivity index (χ1) is 11.1. The second-order valence-electron chi connectivity index (χ2n) is 4.95. The highest BCUT2D eigenvalue weighted by atomic mass is 16.6. The van der Waals surface area contributed by atoms with E-state index in [2.05, 4.69) is 0 Å². The third-order valence-electron chi connectivity index (χ3n) is 3.74. The zero-order valence-corrected chi connectivity index (χ0v) is 12.4. The predicted octanol–water partition coefficient (Wildman–Crippen LogP) is 2.38. The van der Waals surface area contributed by atoms with Gasteiger partial charge in [-0.2, -0.15) is 0 Å². The van der Waals surface area contributed by atoms with Crippen LogP contribution in [-0.2, 0) is 9.53 Å². The largest absolute Gasteiger partial charge is 0.493 e. The fourth-order valence-electron chi connectivity index (χ4n) is 2.68. The average molecular weight is 318 g/mol. The lowest BCUT2D eigenvalue weighted by Crippen LogP contribution is -2.31. The minimum absolute atomic E-state index is 0.137. The number of rotatable bonds is 4. The van der Waals surface area contributed by atoms with Gasteiger partial charge in [0, 0.05) is 0 Å². The van der Waals surface area contributed by atoms with Crippen LogP contribution in [-0.4, -0.2) is 31.3 Å². The van der Waals surface area contributed by atoms with Gasteiger partial charge < -0.3 is 23.7 Å². The molecule has 1 N–H and O–H groups in total. The fraction of sp³-hybridized carbons (Fsp3) is 0.250. The summed E-state index contributed by atoms with van der Waals surface area (Å²) in [5.41, 5.74) is 0.436. The average Bonchev–Trinajstić information content (AvgIpc) is 3.07. The number of carboxylic acid groups (broad SMARTS) is 1. The molecule has 120 valence electrons. The standard InChI is InChI=1S/C16H14O7/c1-20-11-6-8-9(7-12(11)21-2)16(19)23-14(13(8)15(17)18)10-4-3-5-22-10/h3-7,13-14H,1-2H3,(H,17,18)/t13-,14+/m0/s1. The van der Waals surface area contributed by atoms with Crippen molar-refractivity contribution in [2.24, 2.45) is 0 Å². The zero-order chi connectivity index (χ0) is 16.6. The van der Waals surface area contributed by atoms with Crippen molar-refractivity contribution in [3.63, 3.8) is 0 Å². The number of methoxy groups -OCH3 is 2. The van der Waals surface area contributed by atoms with Gasteiger partial charge >= 0.3 is 11.9 Å². The summed E-state index contributed by atoms with van der Waals surface area (Å²) in [6, 6.07) is 6.08. The second kappa shape index (κ2) is 5.68. The minimum atomic E-state index is -1.13. The maximum absolute atomic E-state index is 12.3. The smallest absolute Gasteiger partial charge is 0.339 e. The number of carbonyl (C=O) groups excluding carboxylic acids is 1. The van der Waals surface area contributed by atoms with Gasteiger partial charge in [0.15, 0.2) is 17.6 Å². The Morgan fingerprint density at radius 2 is 1.91 bits per heavy atom. The van der Waals surface area contributed by atoms with Gasteiger partial charge in [-0.15, -0.1) is 0 Å². The molecule has 0 radical (unpaired) electrons. The molecule has 0 unspecified atom stereocenters. The predicted molar refractivity (Wildman–Crippen MR) is 76.8 cm³/mol. The molecule has 7 heteroatoms. The van der Waals surface area contributed by atoms with E-state index < -0.39 is 24.0 Å². The number of cyclic esters (lactones) is 1. The van der Waals surface area contributed by atoms with Crippen molar-refractivity contribution in [2.75, 3.05) is 14.2 Å². The van der Waals surface area contributed by atoms with E-state index >= 15 is 0 Å². The van der Waals surface area contributed by atoms with Crippen LogP contribution in [0, 0.1) is 0 Å². The van der Waals surface area contributed by atoms with Crippen LogP contribution in [0.4, 0.5) is 0 Å². The molecule has 0 spiro atoms. The summed E-state index contributed by atoms with van der Waals surface area (Å²) >= 11 is 0. The summed E-state index contributed by atoms with van der Waals surface area (Å²) in [4.78, 5) is 24.1. The Morgan fingerprint density at radius 3 is 2.48 bits per heavy atom. The number of hydrogen-bond acceptors (Lipinski definition) is 6. The summed E-state index contributed by atoms with van der Waals surface area (Å²) in [7, 11) is 2.86. The lowest BCUT2D eigenvalue weighted by molar-refractivity contribution is -0.142. The van der Waals surface area contributed by atoms with Crippen LogP contribution in [0.15, 0.2) is 34.9 Å². The molecule has 1 aliphatic heterocycles. The van der Waals surface area contributed by atoms with E-state index in [1.54, 1.807) is 12.1 Å². The van der Waals surface area contributed by atoms with Gasteiger partial charge in [0.2, 0.25) is 0 Å². The maximum Gasteiger partial charge on any atom is 0.339 e. The number of hydrogen-bond donors (Lipinski definition) is 1. The third kappa shape index (κ3) is 2.40. The highest BCUT2D eigenvalue weighted by molar-refractivity contribution is 5.97. The van der Waals surface area contributed by atoms with Crippen molar-refractivity contribution in [1.29, 1.82) is 0 Å². The van der Waals surface area contributed by atoms with Crippen LogP contribution < -0.4 is 9.47 Å². The fourth-order valence-corrected chi connectivity index (χ4v) is 2.68. The van der Waals surface area contributed by atoms with E-state index in [1.165, 1.54) is 32.6 Å². The molecule has 0 aliphatic carbocycles. The molecule has 0 amide bonds. The van der Waals surface area contributed by atoms with E-state index in [0.29, 0.717) is 17.1 Å². The zero-order valence-electron chi connectivity index (χ0n) is 12.4. The minimum Gasteiger partial charge on any atom is -0.493 e. The monoisotopic (exact) mass is 318 g/mol. The molecule has 2 aromatic rings. The number of aliphatic carboxylic acids is 1. The van der Waals surface area contributed by atoms with E-state index in [4.69, 9.17) is 18.6 Å². The van der Waals surface area contributed by atoms with Crippen LogP contribution in [0.25, 0.3) is 0 Å². The van der Waals surface area contributed by atoms with Gasteiger partial charge in [-0.25, -0.2) is 4.79 Å². The molecule has 7 nitrogen and oxygen atoms in total. The molecule has 3 rings (SSSR count). The van der Waals surface area contributed by atoms with Crippen molar-refractivity contribution in [2.45, 2.75) is 12.0 Å². The lowest BCUT2D eigenvalue weighted by atomic mass is 9.85. The quantitative estimate of drug-likeness (QED) is 0.865. The highest BCUT2D eigenvalue weighted by Gasteiger charge is 2.43. The maximum atomic E-state index is 12.3. The molecule has 2 heterocycles. The highest BCUT2D eigenvalue weighted by Crippen LogP contribution is 2.44. The summed E-state index contributed by atoms with van der Waals surface area (Å²) in [6.07, 6.45) is 0.354. The number of carbonyl (C=O) groups is 2. The van der Waals surface area contributed by atoms with E-state index in [1.807, 2.05) is 0 Å². The Hall–Kier alpha value is -2.96. The number of fused-ring (bicyclic) bond motifs is 1. The van der Waals surface area contributed by atoms with Crippen LogP contribution in [0.1, 0.15) is 33.7 Å². The van der Waals surface area contributed by atoms with Crippen LogP contribution in [0.2, 0.25) is 0 Å². The molecule has 0 saturated carbocycles. The molecule has 2 atom stereocenters. The summed E-state index contributed by atoms with van der Waals surface area (Å²) < 4.78 is 20.9. The molecular formula is C16H14O7. The van der Waals surface area contributed by atoms with Crippen LogP contribution in [0.5, 0.6) is 11.5 Å². The SMILES string of the molecule is COc1cc2c(cc1OC)[C@H](C(=O)O)[C@@H](c1ccco1)OC2=O. The molecule has 0 bridgehead atoms. The first-order valence-corrected chi connectivity index (χ1v) is 6.80. The second-order valence-corrected chi connectivity index (χ2v) is 4.95. The lowest BCUT2D eigenvalue weighted by Gasteiger charge is -2.29. The first-order valence-electron chi connectivity index (χ1n) is 6.80. The topological polar surface area (TPSA) is 95.2 Å². The number of benzene rings is 1. The molecule has 1 aliphatic rings. The van der Waals surface area contributed by atoms with Crippen molar-refractivity contribution in [1.82, 2.24) is 0 Å². The Balaban J connectivity index is 2.18.